The molecule has 1 aliphatic rings. The highest BCUT2D eigenvalue weighted by Gasteiger charge is 2.27. The maximum atomic E-state index is 13.0. The number of ether oxygens (including phenoxy) is 1. The summed E-state index contributed by atoms with van der Waals surface area (Å²) in [4.78, 5) is 82.5. The molecule has 1 aliphatic heterocycles. The van der Waals surface area contributed by atoms with Gasteiger partial charge in [-0.3, -0.25) is 34.8 Å². The van der Waals surface area contributed by atoms with Gasteiger partial charge in [-0.25, -0.2) is 14.6 Å². The molecule has 4 atom stereocenters. The number of benzene rings is 1. The van der Waals surface area contributed by atoms with Crippen LogP contribution in [0.5, 0.6) is 5.75 Å². The number of carboxylic acids is 1. The fourth-order valence-corrected chi connectivity index (χ4v) is 6.64. The molecule has 0 saturated heterocycles. The van der Waals surface area contributed by atoms with Gasteiger partial charge in [0.05, 0.1) is 41.4 Å². The monoisotopic (exact) mass is 750 g/mol. The van der Waals surface area contributed by atoms with Crippen LogP contribution in [0.25, 0.3) is 10.2 Å². The summed E-state index contributed by atoms with van der Waals surface area (Å²) in [5, 5.41) is 26.9. The molecule has 51 heavy (non-hydrogen) atoms. The van der Waals surface area contributed by atoms with Crippen LogP contribution >= 0.6 is 23.1 Å². The first-order valence-electron chi connectivity index (χ1n) is 16.3. The number of ketones is 2. The molecule has 1 unspecified atom stereocenters. The summed E-state index contributed by atoms with van der Waals surface area (Å²) < 4.78 is 6.05. The lowest BCUT2D eigenvalue weighted by Gasteiger charge is -2.20. The van der Waals surface area contributed by atoms with E-state index in [1.807, 2.05) is 0 Å². The van der Waals surface area contributed by atoms with E-state index in [1.54, 1.807) is 39.1 Å². The second kappa shape index (κ2) is 20.8. The predicted octanol–water partition coefficient (Wildman–Crippen LogP) is -1.98. The summed E-state index contributed by atoms with van der Waals surface area (Å²) in [6.07, 6.45) is 0.307. The van der Waals surface area contributed by atoms with Crippen molar-refractivity contribution >= 4 is 73.7 Å². The van der Waals surface area contributed by atoms with Crippen LogP contribution in [-0.2, 0) is 28.8 Å². The number of Topliss-reactive ketones (excluding diaryl/α,β-unsaturated/α-hetero) is 2. The summed E-state index contributed by atoms with van der Waals surface area (Å²) in [6.45, 7) is 3.14. The zero-order valence-electron chi connectivity index (χ0n) is 28.7. The molecule has 2 amide bonds. The van der Waals surface area contributed by atoms with Crippen LogP contribution in [0, 0.1) is 0 Å². The molecule has 0 spiro atoms. The number of hydrogen-bond donors (Lipinski definition) is 9. The molecule has 2 heterocycles. The Kier molecular flexibility index (Phi) is 17.0. The van der Waals surface area contributed by atoms with E-state index in [2.05, 4.69) is 41.9 Å². The molecule has 3 rings (SSSR count). The highest BCUT2D eigenvalue weighted by molar-refractivity contribution is 8.15. The summed E-state index contributed by atoms with van der Waals surface area (Å²) >= 11 is 2.60. The minimum atomic E-state index is -0.994. The summed E-state index contributed by atoms with van der Waals surface area (Å²) in [5.74, 6) is -2.54. The third-order valence-electron chi connectivity index (χ3n) is 7.67. The van der Waals surface area contributed by atoms with Gasteiger partial charge in [0.25, 0.3) is 0 Å². The molecular formula is C31H46N10O8S2. The van der Waals surface area contributed by atoms with Gasteiger partial charge >= 0.3 is 11.9 Å². The number of nitrogens with one attached hydrogen (secondary N) is 6. The first-order chi connectivity index (χ1) is 24.3. The Hall–Kier alpha value is -3.89. The van der Waals surface area contributed by atoms with Gasteiger partial charge in [-0.05, 0) is 52.4 Å². The largest absolute Gasteiger partial charge is 0.480 e. The number of nitrogens with two attached hydrogens (primary N) is 2. The number of thiazole rings is 1. The number of likely N-dealkylation sites (N-methyl/N-ethyl adjacent to an activating group) is 1. The van der Waals surface area contributed by atoms with E-state index >= 15 is 0 Å². The van der Waals surface area contributed by atoms with E-state index in [-0.39, 0.29) is 36.3 Å². The normalized spacial score (nSPS) is 16.0. The predicted molar refractivity (Wildman–Crippen MR) is 194 cm³/mol. The van der Waals surface area contributed by atoms with Crippen LogP contribution in [0.4, 0.5) is 0 Å². The maximum Gasteiger partial charge on any atom is 0.330 e. The number of aromatic nitrogens is 1. The number of thioether (sulfide) groups is 1. The highest BCUT2D eigenvalue weighted by atomic mass is 32.2. The molecule has 2 aromatic rings. The molecule has 1 aromatic carbocycles. The van der Waals surface area contributed by atoms with Crippen molar-refractivity contribution in [2.75, 3.05) is 45.5 Å². The number of hydrogen-bond acceptors (Lipinski definition) is 17. The Labute approximate surface area is 303 Å². The van der Waals surface area contributed by atoms with Crippen molar-refractivity contribution < 1.29 is 38.6 Å². The number of carboxylic acid groups (broad SMARTS) is 1. The zero-order valence-corrected chi connectivity index (χ0v) is 30.3. The van der Waals surface area contributed by atoms with Crippen LogP contribution in [0.15, 0.2) is 23.2 Å². The number of nitrogens with zero attached hydrogens (tertiary/aromatic N) is 2. The lowest BCUT2D eigenvalue weighted by molar-refractivity contribution is -0.138. The van der Waals surface area contributed by atoms with E-state index in [0.29, 0.717) is 52.0 Å². The summed E-state index contributed by atoms with van der Waals surface area (Å²) in [7, 11) is 1.70. The number of aliphatic imine (C=N–C) groups is 1. The highest BCUT2D eigenvalue weighted by Crippen LogP contribution is 2.31. The lowest BCUT2D eigenvalue weighted by Crippen LogP contribution is -2.51. The van der Waals surface area contributed by atoms with E-state index in [0.717, 1.165) is 0 Å². The standard InChI is InChI=1S/C31H46N10O8S2/c1-16(34-3)22(42)8-10-35-17(2)23(43)12-37-20(5-4-9-36-31(32)33)27(46)39-13-25(44)38-14-26(45)49-18-6-7-19-24(11-18)51-29(40-19)28-41-21(15-50-28)30(47)48/h6-7,11,16-17,20-21,31,34-37H,4-5,8-10,12-15,32-33H2,1-3H3,(H,38,44)(H,39,46)(H,47,48)/t16-,17-,20-,21?/m0/s1. The van der Waals surface area contributed by atoms with Gasteiger partial charge < -0.3 is 42.6 Å². The minimum absolute atomic E-state index is 0.0181. The molecule has 1 aromatic heterocycles. The van der Waals surface area contributed by atoms with Crippen LogP contribution in [0.2, 0.25) is 0 Å². The van der Waals surface area contributed by atoms with Gasteiger partial charge in [-0.1, -0.05) is 0 Å². The Morgan fingerprint density at radius 2 is 1.75 bits per heavy atom. The summed E-state index contributed by atoms with van der Waals surface area (Å²) in [5.41, 5.74) is 11.7. The average molecular weight is 751 g/mol. The number of carbonyl (C=O) groups excluding carboxylic acids is 5. The zero-order chi connectivity index (χ0) is 37.5. The molecule has 0 aliphatic carbocycles. The van der Waals surface area contributed by atoms with Crippen LogP contribution < -0.4 is 48.1 Å². The molecule has 11 N–H and O–H groups in total. The third-order valence-corrected chi connectivity index (χ3v) is 9.88. The quantitative estimate of drug-likeness (QED) is 0.0258. The SMILES string of the molecule is CN[C@@H](C)C(=O)CCN[C@@H](C)C(=O)CN[C@@H](CCCNC(N)N)C(=O)NCC(=O)NCC(=O)Oc1ccc2nc(C3=NC(C(=O)O)CS3)sc2c1. The van der Waals surface area contributed by atoms with Crippen LogP contribution in [-0.4, -0.2) is 126 Å². The van der Waals surface area contributed by atoms with Crippen molar-refractivity contribution in [2.24, 2.45) is 16.5 Å². The first kappa shape index (κ1) is 41.5. The van der Waals surface area contributed by atoms with Gasteiger partial charge in [0.2, 0.25) is 11.8 Å². The minimum Gasteiger partial charge on any atom is -0.480 e. The molecule has 0 fully saturated rings. The van der Waals surface area contributed by atoms with Crippen molar-refractivity contribution in [3.8, 4) is 5.75 Å². The Morgan fingerprint density at radius 3 is 2.43 bits per heavy atom. The molecular weight excluding hydrogens is 705 g/mol. The topological polar surface area (TPSA) is 281 Å². The maximum absolute atomic E-state index is 13.0. The fraction of sp³-hybridized carbons (Fsp3) is 0.548. The van der Waals surface area contributed by atoms with Gasteiger partial charge in [0, 0.05) is 24.8 Å². The van der Waals surface area contributed by atoms with Gasteiger partial charge in [0.1, 0.15) is 28.6 Å². The number of fused-ring (bicyclic) bond motifs is 1. The molecule has 18 nitrogen and oxygen atoms in total. The number of esters is 1. The van der Waals surface area contributed by atoms with Crippen molar-refractivity contribution in [3.63, 3.8) is 0 Å². The third kappa shape index (κ3) is 14.0. The molecule has 20 heteroatoms. The second-order valence-corrected chi connectivity index (χ2v) is 13.7. The van der Waals surface area contributed by atoms with Crippen LogP contribution in [0.1, 0.15) is 38.1 Å². The number of rotatable bonds is 23. The van der Waals surface area contributed by atoms with E-state index in [4.69, 9.17) is 16.2 Å². The number of amides is 2. The molecule has 0 radical (unpaired) electrons. The molecule has 0 bridgehead atoms. The Balaban J connectivity index is 1.45. The van der Waals surface area contributed by atoms with Gasteiger partial charge in [0.15, 0.2) is 17.6 Å². The van der Waals surface area contributed by atoms with Crippen molar-refractivity contribution in [2.45, 2.75) is 63.6 Å². The Morgan fingerprint density at radius 1 is 0.980 bits per heavy atom. The van der Waals surface area contributed by atoms with Gasteiger partial charge in [-0.15, -0.1) is 23.1 Å². The smallest absolute Gasteiger partial charge is 0.330 e. The Bertz CT molecular complexity index is 1590. The average Bonchev–Trinajstić information content (AvgIpc) is 3.76. The fourth-order valence-electron chi connectivity index (χ4n) is 4.55. The molecule has 280 valence electrons. The number of carbonyl (C=O) groups is 6. The van der Waals surface area contributed by atoms with E-state index in [9.17, 15) is 33.9 Å². The first-order valence-corrected chi connectivity index (χ1v) is 18.1. The van der Waals surface area contributed by atoms with Crippen molar-refractivity contribution in [1.29, 1.82) is 0 Å². The summed E-state index contributed by atoms with van der Waals surface area (Å²) in [6, 6.07) is 2.33. The lowest BCUT2D eigenvalue weighted by atomic mass is 10.1. The molecule has 0 saturated carbocycles. The van der Waals surface area contributed by atoms with E-state index < -0.39 is 61.3 Å². The number of aliphatic carboxylic acids is 1. The van der Waals surface area contributed by atoms with Crippen molar-refractivity contribution in [3.05, 3.63) is 23.2 Å². The van der Waals surface area contributed by atoms with Gasteiger partial charge in [-0.2, -0.15) is 0 Å². The second-order valence-electron chi connectivity index (χ2n) is 11.6. The van der Waals surface area contributed by atoms with Crippen molar-refractivity contribution in [1.82, 2.24) is 36.9 Å². The van der Waals surface area contributed by atoms with E-state index in [1.165, 1.54) is 23.1 Å². The van der Waals surface area contributed by atoms with Crippen LogP contribution in [0.3, 0.4) is 0 Å².